The summed E-state index contributed by atoms with van der Waals surface area (Å²) < 4.78 is 7.49. The van der Waals surface area contributed by atoms with Gasteiger partial charge >= 0.3 is 0 Å². The van der Waals surface area contributed by atoms with E-state index in [1.165, 1.54) is 37.7 Å². The normalized spacial score (nSPS) is 19.1. The molecule has 39 heavy (non-hydrogen) atoms. The van der Waals surface area contributed by atoms with Crippen molar-refractivity contribution in [2.45, 2.75) is 64.5 Å². The smallest absolute Gasteiger partial charge is 0.222 e. The first-order valence-corrected chi connectivity index (χ1v) is 14.1. The van der Waals surface area contributed by atoms with Gasteiger partial charge in [-0.05, 0) is 88.5 Å². The topological polar surface area (TPSA) is 123 Å². The van der Waals surface area contributed by atoms with Crippen LogP contribution in [0.2, 0.25) is 0 Å². The van der Waals surface area contributed by atoms with Gasteiger partial charge in [-0.3, -0.25) is 9.48 Å². The highest BCUT2D eigenvalue weighted by atomic mass is 16.5. The number of aromatic nitrogens is 4. The molecule has 3 heterocycles. The van der Waals surface area contributed by atoms with Gasteiger partial charge in [0.05, 0.1) is 19.9 Å². The Morgan fingerprint density at radius 2 is 1.97 bits per heavy atom. The van der Waals surface area contributed by atoms with E-state index in [1.807, 2.05) is 10.7 Å². The highest BCUT2D eigenvalue weighted by Gasteiger charge is 2.47. The largest absolute Gasteiger partial charge is 0.496 e. The van der Waals surface area contributed by atoms with Gasteiger partial charge in [0.1, 0.15) is 16.8 Å². The van der Waals surface area contributed by atoms with Crippen molar-refractivity contribution in [2.75, 3.05) is 44.8 Å². The Morgan fingerprint density at radius 1 is 1.21 bits per heavy atom. The number of hydrogen-bond acceptors (Lipinski definition) is 8. The van der Waals surface area contributed by atoms with Crippen LogP contribution in [0.1, 0.15) is 56.1 Å². The van der Waals surface area contributed by atoms with Crippen LogP contribution in [0.3, 0.4) is 0 Å². The molecule has 2 aliphatic carbocycles. The molecule has 1 aliphatic heterocycles. The van der Waals surface area contributed by atoms with Gasteiger partial charge in [0, 0.05) is 18.2 Å². The van der Waals surface area contributed by atoms with Gasteiger partial charge in [0.25, 0.3) is 0 Å². The van der Waals surface area contributed by atoms with Crippen molar-refractivity contribution in [1.82, 2.24) is 30.0 Å². The number of ether oxygens (including phenoxy) is 1. The van der Waals surface area contributed by atoms with Gasteiger partial charge in [-0.1, -0.05) is 18.6 Å². The average Bonchev–Trinajstić information content (AvgIpc) is 3.27. The molecule has 0 unspecified atom stereocenters. The summed E-state index contributed by atoms with van der Waals surface area (Å²) in [5.74, 6) is 2.62. The van der Waals surface area contributed by atoms with E-state index in [0.29, 0.717) is 18.0 Å². The number of methoxy groups -OCH3 is 1. The molecule has 10 nitrogen and oxygen atoms in total. The Labute approximate surface area is 230 Å². The molecule has 1 saturated heterocycles. The number of piperidine rings is 1. The third-order valence-corrected chi connectivity index (χ3v) is 8.71. The maximum absolute atomic E-state index is 10.0. The summed E-state index contributed by atoms with van der Waals surface area (Å²) >= 11 is 0. The van der Waals surface area contributed by atoms with E-state index in [4.69, 9.17) is 10.5 Å². The number of likely N-dealkylation sites (tertiary alicyclic amines) is 1. The molecule has 10 heteroatoms. The lowest BCUT2D eigenvalue weighted by atomic mass is 9.52. The number of carbonyl (C=O) groups is 1. The summed E-state index contributed by atoms with van der Waals surface area (Å²) in [4.78, 5) is 21.2. The van der Waals surface area contributed by atoms with Crippen molar-refractivity contribution >= 4 is 29.2 Å². The van der Waals surface area contributed by atoms with E-state index in [1.54, 1.807) is 13.3 Å². The van der Waals surface area contributed by atoms with E-state index in [9.17, 15) is 4.79 Å². The third-order valence-electron chi connectivity index (χ3n) is 8.71. The fourth-order valence-electron chi connectivity index (χ4n) is 6.31. The second-order valence-corrected chi connectivity index (χ2v) is 11.7. The highest BCUT2D eigenvalue weighted by Crippen LogP contribution is 2.58. The van der Waals surface area contributed by atoms with E-state index in [-0.39, 0.29) is 5.95 Å². The van der Waals surface area contributed by atoms with Crippen LogP contribution in [0.5, 0.6) is 5.75 Å². The van der Waals surface area contributed by atoms with E-state index >= 15 is 0 Å². The van der Waals surface area contributed by atoms with Crippen molar-refractivity contribution in [3.8, 4) is 5.75 Å². The number of hydrogen-bond donors (Lipinski definition) is 3. The second kappa shape index (κ2) is 11.8. The van der Waals surface area contributed by atoms with Gasteiger partial charge in [0.2, 0.25) is 12.4 Å². The molecule has 3 aromatic rings. The molecule has 1 amide bonds. The predicted molar refractivity (Wildman–Crippen MR) is 154 cm³/mol. The molecular weight excluding hydrogens is 492 g/mol. The molecule has 1 aromatic carbocycles. The zero-order valence-corrected chi connectivity index (χ0v) is 23.4. The summed E-state index contributed by atoms with van der Waals surface area (Å²) in [7, 11) is 3.81. The number of nitrogen functional groups attached to an aromatic ring is 1. The molecule has 3 fully saturated rings. The predicted octanol–water partition coefficient (Wildman–Crippen LogP) is 3.59. The SMILES string of the molecule is CN1CCC(NC=O)CC1.COc1cc(C)ccc1Cn1ncc2nc(N)nc(NCC3CC4(CCC4)C3)c21. The minimum Gasteiger partial charge on any atom is -0.496 e. The molecule has 3 aliphatic rings. The maximum Gasteiger partial charge on any atom is 0.222 e. The van der Waals surface area contributed by atoms with Crippen molar-refractivity contribution in [3.63, 3.8) is 0 Å². The molecule has 2 aromatic heterocycles. The number of anilines is 2. The fraction of sp³-hybridized carbons (Fsp3) is 0.586. The Kier molecular flexibility index (Phi) is 8.20. The Morgan fingerprint density at radius 3 is 2.64 bits per heavy atom. The van der Waals surface area contributed by atoms with Crippen LogP contribution in [0.15, 0.2) is 24.4 Å². The number of benzene rings is 1. The van der Waals surface area contributed by atoms with Gasteiger partial charge in [-0.15, -0.1) is 0 Å². The van der Waals surface area contributed by atoms with Crippen molar-refractivity contribution in [2.24, 2.45) is 11.3 Å². The molecule has 210 valence electrons. The number of fused-ring (bicyclic) bond motifs is 1. The zero-order valence-electron chi connectivity index (χ0n) is 23.4. The lowest BCUT2D eigenvalue weighted by Crippen LogP contribution is -2.45. The monoisotopic (exact) mass is 534 g/mol. The van der Waals surface area contributed by atoms with Crippen molar-refractivity contribution < 1.29 is 9.53 Å². The van der Waals surface area contributed by atoms with Crippen LogP contribution in [-0.4, -0.2) is 70.9 Å². The highest BCUT2D eigenvalue weighted by molar-refractivity contribution is 5.86. The standard InChI is InChI=1S/C22H28N6O.C7H14N2O/c1-14-4-5-16(18(8-14)29-2)13-28-19-17(12-25-28)26-21(23)27-20(19)24-11-15-9-22(10-15)6-3-7-22;1-9-4-2-7(3-5-9)8-6-10/h4-5,8,12,15H,3,6-7,9-11,13H2,1-2H3,(H3,23,24,26,27);6-7H,2-5H2,1H3,(H,8,10). The molecule has 2 saturated carbocycles. The Hall–Kier alpha value is -3.40. The first-order valence-electron chi connectivity index (χ1n) is 14.1. The number of carbonyl (C=O) groups excluding carboxylic acids is 1. The molecule has 6 rings (SSSR count). The first-order chi connectivity index (χ1) is 18.9. The van der Waals surface area contributed by atoms with Crippen LogP contribution in [0.25, 0.3) is 11.0 Å². The second-order valence-electron chi connectivity index (χ2n) is 11.7. The maximum atomic E-state index is 10.0. The molecular formula is C29H42N8O2. The molecule has 1 spiro atoms. The number of aryl methyl sites for hydroxylation is 1. The molecule has 4 N–H and O–H groups in total. The summed E-state index contributed by atoms with van der Waals surface area (Å²) in [6.07, 6.45) is 11.7. The minimum absolute atomic E-state index is 0.275. The number of amides is 1. The summed E-state index contributed by atoms with van der Waals surface area (Å²) in [5.41, 5.74) is 10.5. The lowest BCUT2D eigenvalue weighted by molar-refractivity contribution is -0.110. The summed E-state index contributed by atoms with van der Waals surface area (Å²) in [6.45, 7) is 5.77. The average molecular weight is 535 g/mol. The lowest BCUT2D eigenvalue weighted by Gasteiger charge is -2.54. The number of nitrogens with zero attached hydrogens (tertiary/aromatic N) is 5. The van der Waals surface area contributed by atoms with Gasteiger partial charge in [-0.2, -0.15) is 10.1 Å². The van der Waals surface area contributed by atoms with Crippen molar-refractivity contribution in [1.29, 1.82) is 0 Å². The van der Waals surface area contributed by atoms with Crippen LogP contribution in [0, 0.1) is 18.3 Å². The van der Waals surface area contributed by atoms with E-state index in [0.717, 1.165) is 73.0 Å². The Balaban J connectivity index is 0.000000261. The quantitative estimate of drug-likeness (QED) is 0.375. The molecule has 0 atom stereocenters. The van der Waals surface area contributed by atoms with Crippen LogP contribution < -0.4 is 21.1 Å². The van der Waals surface area contributed by atoms with Gasteiger partial charge in [-0.25, -0.2) is 4.98 Å². The van der Waals surface area contributed by atoms with Crippen molar-refractivity contribution in [3.05, 3.63) is 35.5 Å². The first kappa shape index (κ1) is 27.2. The molecule has 0 radical (unpaired) electrons. The number of rotatable bonds is 8. The summed E-state index contributed by atoms with van der Waals surface area (Å²) in [6, 6.07) is 6.64. The zero-order chi connectivity index (χ0) is 27.4. The number of nitrogens with two attached hydrogens (primary N) is 1. The fourth-order valence-corrected chi connectivity index (χ4v) is 6.31. The van der Waals surface area contributed by atoms with Gasteiger partial charge in [0.15, 0.2) is 5.82 Å². The van der Waals surface area contributed by atoms with Crippen LogP contribution in [0.4, 0.5) is 11.8 Å². The molecule has 0 bridgehead atoms. The van der Waals surface area contributed by atoms with Crippen LogP contribution in [-0.2, 0) is 11.3 Å². The Bertz CT molecular complexity index is 1270. The summed E-state index contributed by atoms with van der Waals surface area (Å²) in [5, 5.41) is 10.9. The third kappa shape index (κ3) is 6.27. The minimum atomic E-state index is 0.275. The van der Waals surface area contributed by atoms with E-state index < -0.39 is 0 Å². The van der Waals surface area contributed by atoms with E-state index in [2.05, 4.69) is 56.7 Å². The van der Waals surface area contributed by atoms with Gasteiger partial charge < -0.3 is 26.0 Å². The van der Waals surface area contributed by atoms with Crippen LogP contribution >= 0.6 is 0 Å². The number of nitrogens with one attached hydrogen (secondary N) is 2.